The number of nitrogens with zero attached hydrogens (tertiary/aromatic N) is 4. The predicted octanol–water partition coefficient (Wildman–Crippen LogP) is 3.46. The Balaban J connectivity index is 1.39. The molecule has 1 unspecified atom stereocenters. The van der Waals surface area contributed by atoms with Gasteiger partial charge in [-0.2, -0.15) is 4.98 Å². The zero-order valence-electron chi connectivity index (χ0n) is 16.0. The fraction of sp³-hybridized carbons (Fsp3) is 0.600. The second kappa shape index (κ2) is 7.66. The third-order valence-electron chi connectivity index (χ3n) is 5.52. The Labute approximate surface area is 159 Å². The van der Waals surface area contributed by atoms with Crippen LogP contribution in [0.2, 0.25) is 0 Å². The minimum absolute atomic E-state index is 0.226. The summed E-state index contributed by atoms with van der Waals surface area (Å²) < 4.78 is 5.37. The summed E-state index contributed by atoms with van der Waals surface area (Å²) in [6.07, 6.45) is 7.18. The zero-order chi connectivity index (χ0) is 18.8. The standard InChI is InChI=1S/C20H27N5O2/c1-13(2)18-23-19(27-24-18)15-7-9-21-17(11-15)22-16-8-10-25(12-16)20(26)14-5-3-4-6-14/h7,9,11,13-14,16H,3-6,8,10,12H2,1-2H3,(H,21,22). The summed E-state index contributed by atoms with van der Waals surface area (Å²) in [7, 11) is 0. The SMILES string of the molecule is CC(C)c1noc(-c2ccnc(NC3CCN(C(=O)C4CCCC4)C3)c2)n1. The zero-order valence-corrected chi connectivity index (χ0v) is 16.0. The molecule has 2 fully saturated rings. The fourth-order valence-electron chi connectivity index (χ4n) is 3.95. The summed E-state index contributed by atoms with van der Waals surface area (Å²) in [4.78, 5) is 23.5. The van der Waals surface area contributed by atoms with E-state index in [2.05, 4.69) is 20.4 Å². The van der Waals surface area contributed by atoms with Crippen LogP contribution in [-0.2, 0) is 4.79 Å². The summed E-state index contributed by atoms with van der Waals surface area (Å²) >= 11 is 0. The Morgan fingerprint density at radius 2 is 2.11 bits per heavy atom. The van der Waals surface area contributed by atoms with Crippen LogP contribution in [0.3, 0.4) is 0 Å². The third kappa shape index (κ3) is 3.96. The maximum absolute atomic E-state index is 12.6. The van der Waals surface area contributed by atoms with E-state index in [4.69, 9.17) is 4.52 Å². The van der Waals surface area contributed by atoms with Crippen molar-refractivity contribution in [1.29, 1.82) is 0 Å². The van der Waals surface area contributed by atoms with Gasteiger partial charge < -0.3 is 14.7 Å². The average molecular weight is 369 g/mol. The molecule has 7 heteroatoms. The molecule has 1 aliphatic heterocycles. The number of nitrogens with one attached hydrogen (secondary N) is 1. The Morgan fingerprint density at radius 3 is 2.85 bits per heavy atom. The molecule has 144 valence electrons. The lowest BCUT2D eigenvalue weighted by molar-refractivity contribution is -0.134. The van der Waals surface area contributed by atoms with Crippen molar-refractivity contribution in [3.05, 3.63) is 24.2 Å². The van der Waals surface area contributed by atoms with Gasteiger partial charge >= 0.3 is 0 Å². The van der Waals surface area contributed by atoms with Crippen LogP contribution < -0.4 is 5.32 Å². The lowest BCUT2D eigenvalue weighted by Crippen LogP contribution is -2.35. The van der Waals surface area contributed by atoms with Crippen LogP contribution in [0.15, 0.2) is 22.9 Å². The van der Waals surface area contributed by atoms with E-state index >= 15 is 0 Å². The van der Waals surface area contributed by atoms with Crippen LogP contribution in [0.25, 0.3) is 11.5 Å². The van der Waals surface area contributed by atoms with Crippen molar-refractivity contribution >= 4 is 11.7 Å². The molecule has 3 heterocycles. The maximum Gasteiger partial charge on any atom is 0.258 e. The van der Waals surface area contributed by atoms with Crippen molar-refractivity contribution in [2.45, 2.75) is 57.9 Å². The minimum Gasteiger partial charge on any atom is -0.365 e. The fourth-order valence-corrected chi connectivity index (χ4v) is 3.95. The number of hydrogen-bond acceptors (Lipinski definition) is 6. The lowest BCUT2D eigenvalue weighted by atomic mass is 10.1. The first-order chi connectivity index (χ1) is 13.1. The highest BCUT2D eigenvalue weighted by molar-refractivity contribution is 5.79. The molecule has 0 radical (unpaired) electrons. The topological polar surface area (TPSA) is 84.2 Å². The Kier molecular flexibility index (Phi) is 5.09. The van der Waals surface area contributed by atoms with E-state index in [-0.39, 0.29) is 17.9 Å². The van der Waals surface area contributed by atoms with Crippen molar-refractivity contribution in [2.75, 3.05) is 18.4 Å². The highest BCUT2D eigenvalue weighted by Gasteiger charge is 2.32. The second-order valence-corrected chi connectivity index (χ2v) is 7.94. The number of anilines is 1. The summed E-state index contributed by atoms with van der Waals surface area (Å²) in [6, 6.07) is 4.03. The predicted molar refractivity (Wildman–Crippen MR) is 102 cm³/mol. The van der Waals surface area contributed by atoms with Crippen LogP contribution >= 0.6 is 0 Å². The molecule has 2 aliphatic rings. The van der Waals surface area contributed by atoms with Gasteiger partial charge in [0.25, 0.3) is 5.89 Å². The Morgan fingerprint density at radius 1 is 1.30 bits per heavy atom. The van der Waals surface area contributed by atoms with Gasteiger partial charge in [-0.3, -0.25) is 4.79 Å². The molecule has 2 aromatic rings. The molecule has 1 aliphatic carbocycles. The monoisotopic (exact) mass is 369 g/mol. The van der Waals surface area contributed by atoms with E-state index in [0.29, 0.717) is 17.6 Å². The molecule has 1 atom stereocenters. The molecule has 4 rings (SSSR count). The van der Waals surface area contributed by atoms with Crippen LogP contribution in [0.4, 0.5) is 5.82 Å². The van der Waals surface area contributed by atoms with Gasteiger partial charge in [-0.15, -0.1) is 0 Å². The number of carbonyl (C=O) groups excluding carboxylic acids is 1. The number of hydrogen-bond donors (Lipinski definition) is 1. The molecule has 7 nitrogen and oxygen atoms in total. The van der Waals surface area contributed by atoms with Gasteiger partial charge in [0.2, 0.25) is 5.91 Å². The highest BCUT2D eigenvalue weighted by atomic mass is 16.5. The molecule has 0 spiro atoms. The van der Waals surface area contributed by atoms with Crippen LogP contribution in [0, 0.1) is 5.92 Å². The summed E-state index contributed by atoms with van der Waals surface area (Å²) in [5, 5.41) is 7.48. The number of likely N-dealkylation sites (tertiary alicyclic amines) is 1. The lowest BCUT2D eigenvalue weighted by Gasteiger charge is -2.20. The van der Waals surface area contributed by atoms with Crippen molar-refractivity contribution < 1.29 is 9.32 Å². The number of amides is 1. The first kappa shape index (κ1) is 17.9. The van der Waals surface area contributed by atoms with Crippen LogP contribution in [0.5, 0.6) is 0 Å². The number of rotatable bonds is 5. The van der Waals surface area contributed by atoms with Crippen molar-refractivity contribution in [3.8, 4) is 11.5 Å². The van der Waals surface area contributed by atoms with Crippen molar-refractivity contribution in [2.24, 2.45) is 5.92 Å². The summed E-state index contributed by atoms with van der Waals surface area (Å²) in [5.41, 5.74) is 0.851. The Bertz CT molecular complexity index is 797. The molecule has 2 aromatic heterocycles. The van der Waals surface area contributed by atoms with E-state index in [1.54, 1.807) is 6.20 Å². The minimum atomic E-state index is 0.226. The molecular weight excluding hydrogens is 342 g/mol. The van der Waals surface area contributed by atoms with Gasteiger partial charge in [-0.1, -0.05) is 31.8 Å². The third-order valence-corrected chi connectivity index (χ3v) is 5.52. The van der Waals surface area contributed by atoms with Gasteiger partial charge in [-0.25, -0.2) is 4.98 Å². The average Bonchev–Trinajstić information content (AvgIpc) is 3.42. The Hall–Kier alpha value is -2.44. The van der Waals surface area contributed by atoms with Gasteiger partial charge in [0.05, 0.1) is 0 Å². The number of pyridine rings is 1. The van der Waals surface area contributed by atoms with E-state index in [0.717, 1.165) is 43.7 Å². The highest BCUT2D eigenvalue weighted by Crippen LogP contribution is 2.28. The normalized spacial score (nSPS) is 20.6. The first-order valence-electron chi connectivity index (χ1n) is 9.95. The molecule has 1 saturated carbocycles. The molecule has 27 heavy (non-hydrogen) atoms. The number of aromatic nitrogens is 3. The van der Waals surface area contributed by atoms with Crippen LogP contribution in [-0.4, -0.2) is 45.1 Å². The van der Waals surface area contributed by atoms with E-state index < -0.39 is 0 Å². The van der Waals surface area contributed by atoms with E-state index in [9.17, 15) is 4.79 Å². The molecule has 0 aromatic carbocycles. The molecule has 1 amide bonds. The molecule has 1 saturated heterocycles. The van der Waals surface area contributed by atoms with Gasteiger partial charge in [0, 0.05) is 42.7 Å². The molecule has 1 N–H and O–H groups in total. The van der Waals surface area contributed by atoms with E-state index in [1.807, 2.05) is 30.9 Å². The summed E-state index contributed by atoms with van der Waals surface area (Å²) in [6.45, 7) is 5.65. The molecule has 0 bridgehead atoms. The molecular formula is C20H27N5O2. The van der Waals surface area contributed by atoms with E-state index in [1.165, 1.54) is 12.8 Å². The largest absolute Gasteiger partial charge is 0.365 e. The van der Waals surface area contributed by atoms with Gasteiger partial charge in [0.1, 0.15) is 5.82 Å². The second-order valence-electron chi connectivity index (χ2n) is 7.94. The van der Waals surface area contributed by atoms with Gasteiger partial charge in [0.15, 0.2) is 5.82 Å². The quantitative estimate of drug-likeness (QED) is 0.869. The van der Waals surface area contributed by atoms with Crippen molar-refractivity contribution in [3.63, 3.8) is 0 Å². The smallest absolute Gasteiger partial charge is 0.258 e. The van der Waals surface area contributed by atoms with Crippen LogP contribution in [0.1, 0.15) is 57.7 Å². The summed E-state index contributed by atoms with van der Waals surface area (Å²) in [5.74, 6) is 2.80. The van der Waals surface area contributed by atoms with Crippen molar-refractivity contribution in [1.82, 2.24) is 20.0 Å². The first-order valence-corrected chi connectivity index (χ1v) is 9.95. The van der Waals surface area contributed by atoms with Gasteiger partial charge in [-0.05, 0) is 31.4 Å². The number of carbonyl (C=O) groups is 1. The maximum atomic E-state index is 12.6.